The first-order valence-electron chi connectivity index (χ1n) is 12.9. The summed E-state index contributed by atoms with van der Waals surface area (Å²) in [6.45, 7) is 10.2. The van der Waals surface area contributed by atoms with Crippen LogP contribution in [0.25, 0.3) is 0 Å². The highest BCUT2D eigenvalue weighted by Gasteiger charge is 2.72. The van der Waals surface area contributed by atoms with Gasteiger partial charge in [-0.25, -0.2) is 0 Å². The average Bonchev–Trinajstić information content (AvgIpc) is 3.53. The predicted octanol–water partition coefficient (Wildman–Crippen LogP) is 2.91. The van der Waals surface area contributed by atoms with Crippen molar-refractivity contribution < 1.29 is 43.2 Å². The maximum absolute atomic E-state index is 14.5. The molecule has 0 spiro atoms. The summed E-state index contributed by atoms with van der Waals surface area (Å²) in [5, 5.41) is 11.0. The lowest BCUT2D eigenvalue weighted by Gasteiger charge is -2.54. The Balaban J connectivity index is 2.22. The Bertz CT molecular complexity index is 926. The van der Waals surface area contributed by atoms with E-state index in [0.717, 1.165) is 5.57 Å². The molecule has 0 aromatic heterocycles. The van der Waals surface area contributed by atoms with Crippen LogP contribution in [0.5, 0.6) is 0 Å². The van der Waals surface area contributed by atoms with Crippen molar-refractivity contribution in [3.63, 3.8) is 0 Å². The second kappa shape index (κ2) is 10.6. The van der Waals surface area contributed by atoms with Gasteiger partial charge in [0.1, 0.15) is 18.3 Å². The van der Waals surface area contributed by atoms with Crippen LogP contribution in [0.2, 0.25) is 0 Å². The number of ether oxygens (including phenoxy) is 4. The molecule has 0 amide bonds. The number of Topliss-reactive ketones (excluding diaryl/α,β-unsaturated/α-hetero) is 1. The number of hydrogen-bond donors (Lipinski definition) is 1. The van der Waals surface area contributed by atoms with Crippen molar-refractivity contribution >= 4 is 23.7 Å². The van der Waals surface area contributed by atoms with Gasteiger partial charge in [-0.05, 0) is 39.0 Å². The van der Waals surface area contributed by atoms with Crippen molar-refractivity contribution in [1.29, 1.82) is 0 Å². The quantitative estimate of drug-likeness (QED) is 0.249. The molecule has 202 valence electrons. The lowest BCUT2D eigenvalue weighted by atomic mass is 9.54. The highest BCUT2D eigenvalue weighted by atomic mass is 16.6. The highest BCUT2D eigenvalue weighted by molar-refractivity contribution is 5.98. The number of carbonyl (C=O) groups excluding carboxylic acids is 4. The molecule has 1 saturated carbocycles. The molecule has 36 heavy (non-hydrogen) atoms. The number of epoxide rings is 1. The van der Waals surface area contributed by atoms with E-state index in [0.29, 0.717) is 19.3 Å². The molecule has 9 unspecified atom stereocenters. The zero-order valence-corrected chi connectivity index (χ0v) is 22.4. The summed E-state index contributed by atoms with van der Waals surface area (Å²) in [6, 6.07) is 0. The third-order valence-corrected chi connectivity index (χ3v) is 8.47. The van der Waals surface area contributed by atoms with Crippen molar-refractivity contribution in [2.45, 2.75) is 104 Å². The van der Waals surface area contributed by atoms with Gasteiger partial charge in [0.05, 0.1) is 24.5 Å². The van der Waals surface area contributed by atoms with Crippen LogP contribution >= 0.6 is 0 Å². The van der Waals surface area contributed by atoms with E-state index in [4.69, 9.17) is 18.9 Å². The lowest BCUT2D eigenvalue weighted by molar-refractivity contribution is -0.207. The van der Waals surface area contributed by atoms with Crippen LogP contribution < -0.4 is 0 Å². The third-order valence-electron chi connectivity index (χ3n) is 8.47. The fourth-order valence-corrected chi connectivity index (χ4v) is 6.29. The zero-order chi connectivity index (χ0) is 27.0. The fourth-order valence-electron chi connectivity index (χ4n) is 6.29. The summed E-state index contributed by atoms with van der Waals surface area (Å²) in [7, 11) is 1.26. The number of methoxy groups -OCH3 is 1. The Morgan fingerprint density at radius 1 is 1.25 bits per heavy atom. The maximum atomic E-state index is 14.5. The molecular weight excluding hydrogens is 468 g/mol. The highest BCUT2D eigenvalue weighted by Crippen LogP contribution is 2.57. The molecule has 1 saturated heterocycles. The summed E-state index contributed by atoms with van der Waals surface area (Å²) < 4.78 is 22.7. The summed E-state index contributed by atoms with van der Waals surface area (Å²) >= 11 is 0. The van der Waals surface area contributed by atoms with Gasteiger partial charge in [0.2, 0.25) is 0 Å². The SMILES string of the molecule is CCCC(=O)OC1CCC(C)=CC2OC2(C(C)C(=O)OC)C(=O)C2C(C)C(O)CC(OC(C)=O)C12C. The minimum absolute atomic E-state index is 0.0987. The molecule has 9 atom stereocenters. The van der Waals surface area contributed by atoms with Gasteiger partial charge < -0.3 is 24.1 Å². The van der Waals surface area contributed by atoms with Gasteiger partial charge >= 0.3 is 17.9 Å². The molecule has 0 aromatic rings. The van der Waals surface area contributed by atoms with E-state index in [2.05, 4.69) is 0 Å². The van der Waals surface area contributed by atoms with E-state index in [1.807, 2.05) is 19.9 Å². The second-order valence-electron chi connectivity index (χ2n) is 10.8. The van der Waals surface area contributed by atoms with E-state index < -0.39 is 71.1 Å². The predicted molar refractivity (Wildman–Crippen MR) is 129 cm³/mol. The Morgan fingerprint density at radius 2 is 1.92 bits per heavy atom. The largest absolute Gasteiger partial charge is 0.469 e. The van der Waals surface area contributed by atoms with Crippen molar-refractivity contribution in [1.82, 2.24) is 0 Å². The Labute approximate surface area is 212 Å². The number of ketones is 1. The normalized spacial score (nSPS) is 39.0. The van der Waals surface area contributed by atoms with Crippen molar-refractivity contribution in [2.24, 2.45) is 23.2 Å². The minimum atomic E-state index is -1.48. The standard InChI is InChI=1S/C27H40O9/c1-8-9-22(30)35-19-11-10-14(2)12-21-27(36-21,16(4)25(32)33-7)24(31)23-15(3)18(29)13-20(26(19,23)6)34-17(5)28/h12,15-16,18-21,23,29H,8-11,13H2,1-7H3. The van der Waals surface area contributed by atoms with Crippen molar-refractivity contribution in [2.75, 3.05) is 7.11 Å². The van der Waals surface area contributed by atoms with Crippen LogP contribution in [-0.2, 0) is 38.1 Å². The van der Waals surface area contributed by atoms with E-state index in [1.54, 1.807) is 20.8 Å². The first kappa shape index (κ1) is 28.3. The average molecular weight is 509 g/mol. The lowest BCUT2D eigenvalue weighted by Crippen LogP contribution is -2.64. The van der Waals surface area contributed by atoms with Crippen LogP contribution in [0.15, 0.2) is 11.6 Å². The van der Waals surface area contributed by atoms with E-state index in [-0.39, 0.29) is 18.6 Å². The van der Waals surface area contributed by atoms with Crippen LogP contribution in [0.3, 0.4) is 0 Å². The third kappa shape index (κ3) is 4.84. The molecule has 3 rings (SSSR count). The second-order valence-corrected chi connectivity index (χ2v) is 10.8. The maximum Gasteiger partial charge on any atom is 0.311 e. The summed E-state index contributed by atoms with van der Waals surface area (Å²) in [5.74, 6) is -4.31. The van der Waals surface area contributed by atoms with Crippen molar-refractivity contribution in [3.05, 3.63) is 11.6 Å². The Morgan fingerprint density at radius 3 is 2.50 bits per heavy atom. The Kier molecular flexibility index (Phi) is 8.35. The number of rotatable bonds is 6. The topological polar surface area (TPSA) is 129 Å². The molecular formula is C27H40O9. The Hall–Kier alpha value is -2.26. The molecule has 1 aliphatic heterocycles. The van der Waals surface area contributed by atoms with E-state index in [1.165, 1.54) is 14.0 Å². The van der Waals surface area contributed by atoms with Gasteiger partial charge in [-0.1, -0.05) is 32.4 Å². The van der Waals surface area contributed by atoms with Gasteiger partial charge in [0, 0.05) is 25.7 Å². The molecule has 2 fully saturated rings. The van der Waals surface area contributed by atoms with Gasteiger partial charge in [0.25, 0.3) is 0 Å². The number of esters is 3. The molecule has 3 aliphatic rings. The minimum Gasteiger partial charge on any atom is -0.469 e. The molecule has 2 aliphatic carbocycles. The first-order chi connectivity index (χ1) is 16.8. The monoisotopic (exact) mass is 508 g/mol. The molecule has 9 heteroatoms. The van der Waals surface area contributed by atoms with Crippen molar-refractivity contribution in [3.8, 4) is 0 Å². The van der Waals surface area contributed by atoms with Gasteiger partial charge in [-0.3, -0.25) is 19.2 Å². The number of allylic oxidation sites excluding steroid dienone is 1. The molecule has 0 bridgehead atoms. The summed E-state index contributed by atoms with van der Waals surface area (Å²) in [6.07, 6.45) is 0.478. The molecule has 0 aromatic carbocycles. The van der Waals surface area contributed by atoms with E-state index in [9.17, 15) is 24.3 Å². The zero-order valence-electron chi connectivity index (χ0n) is 22.4. The fraction of sp³-hybridized carbons (Fsp3) is 0.778. The van der Waals surface area contributed by atoms with Gasteiger partial charge in [-0.2, -0.15) is 0 Å². The van der Waals surface area contributed by atoms with Crippen LogP contribution in [-0.4, -0.2) is 65.9 Å². The van der Waals surface area contributed by atoms with Gasteiger partial charge in [0.15, 0.2) is 11.4 Å². The van der Waals surface area contributed by atoms with Gasteiger partial charge in [-0.15, -0.1) is 0 Å². The molecule has 1 N–H and O–H groups in total. The number of fused-ring (bicyclic) bond motifs is 2. The molecule has 9 nitrogen and oxygen atoms in total. The smallest absolute Gasteiger partial charge is 0.311 e. The van der Waals surface area contributed by atoms with Crippen LogP contribution in [0, 0.1) is 23.2 Å². The summed E-state index contributed by atoms with van der Waals surface area (Å²) in [4.78, 5) is 52.0. The van der Waals surface area contributed by atoms with Crippen LogP contribution in [0.1, 0.15) is 73.6 Å². The van der Waals surface area contributed by atoms with Crippen LogP contribution in [0.4, 0.5) is 0 Å². The summed E-state index contributed by atoms with van der Waals surface area (Å²) in [5.41, 5.74) is -1.72. The first-order valence-corrected chi connectivity index (χ1v) is 12.9. The molecule has 0 radical (unpaired) electrons. The number of aliphatic hydroxyl groups is 1. The molecule has 1 heterocycles. The van der Waals surface area contributed by atoms with E-state index >= 15 is 0 Å². The number of hydrogen-bond acceptors (Lipinski definition) is 9. The number of aliphatic hydroxyl groups excluding tert-OH is 1. The number of carbonyl (C=O) groups is 4.